The van der Waals surface area contributed by atoms with Gasteiger partial charge in [-0.15, -0.1) is 0 Å². The lowest BCUT2D eigenvalue weighted by Gasteiger charge is -2.42. The number of allylic oxidation sites excluding steroid dienone is 2. The lowest BCUT2D eigenvalue weighted by Crippen LogP contribution is -2.30. The number of hydrogen-bond donors (Lipinski definition) is 0. The molecule has 2 saturated carbocycles. The fraction of sp³-hybridized carbons (Fsp3) is 0.444. The average molecular weight is 441 g/mol. The quantitative estimate of drug-likeness (QED) is 0.283. The van der Waals surface area contributed by atoms with Crippen molar-refractivity contribution in [3.8, 4) is 11.5 Å². The lowest BCUT2D eigenvalue weighted by atomic mass is 9.63. The zero-order valence-electron chi connectivity index (χ0n) is 18.7. The molecule has 2 aliphatic rings. The highest BCUT2D eigenvalue weighted by molar-refractivity contribution is 5.91. The van der Waals surface area contributed by atoms with Crippen molar-refractivity contribution in [3.63, 3.8) is 0 Å². The van der Waals surface area contributed by atoms with Crippen LogP contribution in [-0.2, 0) is 0 Å². The minimum Gasteiger partial charge on any atom is -0.497 e. The summed E-state index contributed by atoms with van der Waals surface area (Å²) in [7, 11) is 1.54. The number of rotatable bonds is 5. The van der Waals surface area contributed by atoms with Crippen LogP contribution < -0.4 is 9.47 Å². The van der Waals surface area contributed by atoms with Crippen molar-refractivity contribution >= 4 is 5.97 Å². The van der Waals surface area contributed by atoms with Gasteiger partial charge < -0.3 is 9.47 Å². The van der Waals surface area contributed by atoms with Gasteiger partial charge in [-0.2, -0.15) is 0 Å². The highest BCUT2D eigenvalue weighted by Crippen LogP contribution is 2.48. The Hall–Kier alpha value is -2.69. The van der Waals surface area contributed by atoms with Gasteiger partial charge in [-0.25, -0.2) is 13.6 Å². The largest absolute Gasteiger partial charge is 0.497 e. The maximum absolute atomic E-state index is 15.0. The first kappa shape index (κ1) is 22.5. The molecular formula is C27H30F2O3. The van der Waals surface area contributed by atoms with Crippen LogP contribution in [0.15, 0.2) is 48.6 Å². The molecule has 2 aromatic carbocycles. The Labute approximate surface area is 188 Å². The molecule has 3 nitrogen and oxygen atoms in total. The standard InChI is InChI=1S/C27H30F2O3/c1-3-4-17-5-6-19-14-20(8-7-18(19)13-17)26-24(28)15-21(16-25(26)29)27(30)32-23-11-9-22(31-2)10-12-23/h3-4,9-12,15-20H,5-8,13-14H2,1-2H3/b4-3+. The summed E-state index contributed by atoms with van der Waals surface area (Å²) in [6.45, 7) is 2.06. The minimum absolute atomic E-state index is 0.125. The van der Waals surface area contributed by atoms with E-state index in [4.69, 9.17) is 9.47 Å². The Morgan fingerprint density at radius 1 is 0.938 bits per heavy atom. The fourth-order valence-electron chi connectivity index (χ4n) is 5.54. The summed E-state index contributed by atoms with van der Waals surface area (Å²) in [5.41, 5.74) is 0.000130. The molecule has 0 radical (unpaired) electrons. The molecule has 2 aliphatic carbocycles. The van der Waals surface area contributed by atoms with Crippen LogP contribution in [0.3, 0.4) is 0 Å². The van der Waals surface area contributed by atoms with Crippen LogP contribution in [-0.4, -0.2) is 13.1 Å². The Bertz CT molecular complexity index is 960. The van der Waals surface area contributed by atoms with Crippen molar-refractivity contribution in [3.05, 3.63) is 71.3 Å². The van der Waals surface area contributed by atoms with Crippen molar-refractivity contribution < 1.29 is 23.0 Å². The fourth-order valence-corrected chi connectivity index (χ4v) is 5.54. The van der Waals surface area contributed by atoms with Crippen molar-refractivity contribution in [1.82, 2.24) is 0 Å². The summed E-state index contributed by atoms with van der Waals surface area (Å²) in [6, 6.07) is 8.66. The topological polar surface area (TPSA) is 35.5 Å². The zero-order valence-corrected chi connectivity index (χ0v) is 18.7. The smallest absolute Gasteiger partial charge is 0.343 e. The predicted molar refractivity (Wildman–Crippen MR) is 120 cm³/mol. The second-order valence-electron chi connectivity index (χ2n) is 9.05. The molecule has 4 rings (SSSR count). The molecule has 0 heterocycles. The van der Waals surface area contributed by atoms with E-state index in [-0.39, 0.29) is 22.8 Å². The molecule has 2 fully saturated rings. The summed E-state index contributed by atoms with van der Waals surface area (Å²) < 4.78 is 40.3. The van der Waals surface area contributed by atoms with Gasteiger partial charge in [-0.3, -0.25) is 0 Å². The van der Waals surface area contributed by atoms with Crippen LogP contribution in [0.4, 0.5) is 8.78 Å². The van der Waals surface area contributed by atoms with E-state index in [1.165, 1.54) is 13.5 Å². The molecule has 0 aliphatic heterocycles. The average Bonchev–Trinajstić information content (AvgIpc) is 2.79. The number of methoxy groups -OCH3 is 1. The van der Waals surface area contributed by atoms with E-state index in [1.54, 1.807) is 24.3 Å². The third-order valence-electron chi connectivity index (χ3n) is 7.11. The van der Waals surface area contributed by atoms with Crippen molar-refractivity contribution in [1.29, 1.82) is 0 Å². The van der Waals surface area contributed by atoms with Crippen LogP contribution in [0, 0.1) is 29.4 Å². The molecule has 0 bridgehead atoms. The van der Waals surface area contributed by atoms with Gasteiger partial charge in [0.15, 0.2) is 0 Å². The highest BCUT2D eigenvalue weighted by atomic mass is 19.1. The SMILES string of the molecule is C/C=C/C1CCC2CC(c3c(F)cc(C(=O)Oc4ccc(OC)cc4)cc3F)CCC2C1. The van der Waals surface area contributed by atoms with Gasteiger partial charge in [-0.05, 0) is 106 Å². The summed E-state index contributed by atoms with van der Waals surface area (Å²) in [4.78, 5) is 12.4. The van der Waals surface area contributed by atoms with E-state index in [0.29, 0.717) is 23.5 Å². The van der Waals surface area contributed by atoms with E-state index in [9.17, 15) is 4.79 Å². The molecule has 5 heteroatoms. The van der Waals surface area contributed by atoms with E-state index in [0.717, 1.165) is 44.2 Å². The van der Waals surface area contributed by atoms with Gasteiger partial charge in [-0.1, -0.05) is 12.2 Å². The Balaban J connectivity index is 1.45. The predicted octanol–water partition coefficient (Wildman–Crippen LogP) is 7.07. The van der Waals surface area contributed by atoms with Gasteiger partial charge in [0.25, 0.3) is 0 Å². The molecule has 0 spiro atoms. The first-order valence-corrected chi connectivity index (χ1v) is 11.5. The second-order valence-corrected chi connectivity index (χ2v) is 9.05. The van der Waals surface area contributed by atoms with E-state index in [2.05, 4.69) is 19.1 Å². The molecule has 0 N–H and O–H groups in total. The summed E-state index contributed by atoms with van der Waals surface area (Å²) in [5.74, 6) is 0.480. The lowest BCUT2D eigenvalue weighted by molar-refractivity contribution is 0.0733. The number of benzene rings is 2. The number of hydrogen-bond acceptors (Lipinski definition) is 3. The number of esters is 1. The summed E-state index contributed by atoms with van der Waals surface area (Å²) >= 11 is 0. The van der Waals surface area contributed by atoms with Crippen molar-refractivity contribution in [2.45, 2.75) is 51.4 Å². The molecule has 0 amide bonds. The van der Waals surface area contributed by atoms with E-state index >= 15 is 8.78 Å². The number of ether oxygens (including phenoxy) is 2. The van der Waals surface area contributed by atoms with Gasteiger partial charge in [0.2, 0.25) is 0 Å². The van der Waals surface area contributed by atoms with Crippen LogP contribution in [0.2, 0.25) is 0 Å². The number of carbonyl (C=O) groups is 1. The number of carbonyl (C=O) groups excluding carboxylic acids is 1. The van der Waals surface area contributed by atoms with Crippen LogP contribution in [0.1, 0.15) is 67.3 Å². The normalized spacial score (nSPS) is 25.4. The molecular weight excluding hydrogens is 410 g/mol. The maximum atomic E-state index is 15.0. The summed E-state index contributed by atoms with van der Waals surface area (Å²) in [5, 5.41) is 0. The first-order valence-electron chi connectivity index (χ1n) is 11.5. The highest BCUT2D eigenvalue weighted by Gasteiger charge is 2.37. The van der Waals surface area contributed by atoms with Crippen molar-refractivity contribution in [2.75, 3.05) is 7.11 Å². The Morgan fingerprint density at radius 2 is 1.56 bits per heavy atom. The minimum atomic E-state index is -0.787. The van der Waals surface area contributed by atoms with Gasteiger partial charge in [0.05, 0.1) is 12.7 Å². The van der Waals surface area contributed by atoms with Crippen LogP contribution in [0.25, 0.3) is 0 Å². The third kappa shape index (κ3) is 4.87. The van der Waals surface area contributed by atoms with E-state index in [1.807, 2.05) is 0 Å². The number of fused-ring (bicyclic) bond motifs is 1. The molecule has 32 heavy (non-hydrogen) atoms. The van der Waals surface area contributed by atoms with Crippen LogP contribution >= 0.6 is 0 Å². The second kappa shape index (κ2) is 9.85. The van der Waals surface area contributed by atoms with E-state index < -0.39 is 17.6 Å². The van der Waals surface area contributed by atoms with Gasteiger partial charge in [0, 0.05) is 5.56 Å². The van der Waals surface area contributed by atoms with Crippen LogP contribution in [0.5, 0.6) is 11.5 Å². The van der Waals surface area contributed by atoms with Gasteiger partial charge in [0.1, 0.15) is 23.1 Å². The monoisotopic (exact) mass is 440 g/mol. The molecule has 4 atom stereocenters. The summed E-state index contributed by atoms with van der Waals surface area (Å²) in [6.07, 6.45) is 10.5. The maximum Gasteiger partial charge on any atom is 0.343 e. The molecule has 0 saturated heterocycles. The van der Waals surface area contributed by atoms with Crippen molar-refractivity contribution in [2.24, 2.45) is 17.8 Å². The molecule has 2 aromatic rings. The molecule has 0 aromatic heterocycles. The Morgan fingerprint density at radius 3 is 2.22 bits per heavy atom. The third-order valence-corrected chi connectivity index (χ3v) is 7.11. The molecule has 170 valence electrons. The zero-order chi connectivity index (χ0) is 22.7. The first-order chi connectivity index (χ1) is 15.5. The van der Waals surface area contributed by atoms with Gasteiger partial charge >= 0.3 is 5.97 Å². The number of halogens is 2. The molecule has 4 unspecified atom stereocenters. The Kier molecular flexibility index (Phi) is 6.92.